The summed E-state index contributed by atoms with van der Waals surface area (Å²) in [5.74, 6) is -0.389. The number of hydrogen-bond donors (Lipinski definition) is 1. The van der Waals surface area contributed by atoms with Crippen molar-refractivity contribution in [3.05, 3.63) is 102 Å². The molecule has 5 heteroatoms. The Labute approximate surface area is 173 Å². The van der Waals surface area contributed by atoms with Crippen LogP contribution in [0.4, 0.5) is 10.5 Å². The number of hydrogen-bond acceptors (Lipinski definition) is 3. The van der Waals surface area contributed by atoms with Gasteiger partial charge in [0.1, 0.15) is 6.61 Å². The van der Waals surface area contributed by atoms with Crippen molar-refractivity contribution in [3.63, 3.8) is 0 Å². The van der Waals surface area contributed by atoms with E-state index in [0.29, 0.717) is 16.8 Å². The Bertz CT molecular complexity index is 1290. The number of anilines is 1. The zero-order valence-electron chi connectivity index (χ0n) is 16.0. The summed E-state index contributed by atoms with van der Waals surface area (Å²) in [7, 11) is 0. The Kier molecular flexibility index (Phi) is 4.41. The predicted molar refractivity (Wildman–Crippen MR) is 117 cm³/mol. The molecule has 0 saturated carbocycles. The summed E-state index contributed by atoms with van der Waals surface area (Å²) in [4.78, 5) is 30.3. The van der Waals surface area contributed by atoms with E-state index in [-0.39, 0.29) is 12.5 Å². The summed E-state index contributed by atoms with van der Waals surface area (Å²) in [6.45, 7) is 0.104. The number of carbonyl (C=O) groups excluding carboxylic acids is 2. The molecular weight excluding hydrogens is 376 g/mol. The molecular formula is C25H18N2O3. The second kappa shape index (κ2) is 7.37. The number of fused-ring (bicyclic) bond motifs is 2. The largest absolute Gasteiger partial charge is 0.444 e. The van der Waals surface area contributed by atoms with Crippen LogP contribution in [0.15, 0.2) is 85.1 Å². The Morgan fingerprint density at radius 3 is 2.53 bits per heavy atom. The number of rotatable bonds is 3. The zero-order valence-corrected chi connectivity index (χ0v) is 16.0. The van der Waals surface area contributed by atoms with Gasteiger partial charge in [0.25, 0.3) is 5.91 Å². The number of benzene rings is 3. The number of nitrogens with zero attached hydrogens (tertiary/aromatic N) is 1. The lowest BCUT2D eigenvalue weighted by Crippen LogP contribution is -2.33. The van der Waals surface area contributed by atoms with Crippen molar-refractivity contribution in [1.29, 1.82) is 0 Å². The number of H-pyrrole nitrogens is 1. The quantitative estimate of drug-likeness (QED) is 0.474. The molecule has 5 nitrogen and oxygen atoms in total. The first-order valence-electron chi connectivity index (χ1n) is 9.65. The van der Waals surface area contributed by atoms with Crippen LogP contribution in [0.5, 0.6) is 0 Å². The van der Waals surface area contributed by atoms with Crippen LogP contribution in [-0.4, -0.2) is 17.0 Å². The molecule has 0 bridgehead atoms. The van der Waals surface area contributed by atoms with Crippen LogP contribution < -0.4 is 4.90 Å². The van der Waals surface area contributed by atoms with E-state index >= 15 is 0 Å². The molecule has 0 aliphatic carbocycles. The van der Waals surface area contributed by atoms with Crippen LogP contribution in [0.25, 0.3) is 22.6 Å². The van der Waals surface area contributed by atoms with E-state index in [4.69, 9.17) is 4.74 Å². The van der Waals surface area contributed by atoms with Crippen LogP contribution in [0, 0.1) is 0 Å². The summed E-state index contributed by atoms with van der Waals surface area (Å²) in [6.07, 6.45) is 3.01. The predicted octanol–water partition coefficient (Wildman–Crippen LogP) is 5.39. The normalized spacial score (nSPS) is 14.3. The van der Waals surface area contributed by atoms with Crippen LogP contribution in [-0.2, 0) is 16.1 Å². The molecule has 0 fully saturated rings. The van der Waals surface area contributed by atoms with Gasteiger partial charge in [-0.2, -0.15) is 0 Å². The topological polar surface area (TPSA) is 62.4 Å². The molecule has 5 rings (SSSR count). The zero-order chi connectivity index (χ0) is 20.5. The van der Waals surface area contributed by atoms with E-state index in [2.05, 4.69) is 4.98 Å². The molecule has 146 valence electrons. The van der Waals surface area contributed by atoms with Gasteiger partial charge < -0.3 is 9.72 Å². The van der Waals surface area contributed by atoms with E-state index < -0.39 is 6.09 Å². The number of imide groups is 1. The van der Waals surface area contributed by atoms with E-state index in [1.165, 1.54) is 0 Å². The Morgan fingerprint density at radius 1 is 0.933 bits per heavy atom. The number of aromatic nitrogens is 1. The van der Waals surface area contributed by atoms with Crippen molar-refractivity contribution in [1.82, 2.24) is 4.98 Å². The van der Waals surface area contributed by atoms with Gasteiger partial charge in [-0.1, -0.05) is 66.7 Å². The molecule has 3 aromatic carbocycles. The van der Waals surface area contributed by atoms with Gasteiger partial charge in [0.05, 0.1) is 11.3 Å². The summed E-state index contributed by atoms with van der Waals surface area (Å²) in [5, 5.41) is 1.01. The SMILES string of the molecule is O=C(OCc1ccccc1)N1C(=O)/C(=C\c2c[nH]c3ccccc23)c2ccccc21. The Morgan fingerprint density at radius 2 is 1.67 bits per heavy atom. The monoisotopic (exact) mass is 394 g/mol. The fourth-order valence-corrected chi connectivity index (χ4v) is 3.71. The second-order valence-corrected chi connectivity index (χ2v) is 7.05. The minimum Gasteiger partial charge on any atom is -0.444 e. The fourth-order valence-electron chi connectivity index (χ4n) is 3.71. The van der Waals surface area contributed by atoms with Gasteiger partial charge in [-0.15, -0.1) is 0 Å². The molecule has 4 aromatic rings. The van der Waals surface area contributed by atoms with Crippen molar-refractivity contribution in [3.8, 4) is 0 Å². The van der Waals surface area contributed by atoms with Gasteiger partial charge in [0.2, 0.25) is 0 Å². The summed E-state index contributed by atoms with van der Waals surface area (Å²) < 4.78 is 5.43. The van der Waals surface area contributed by atoms with Crippen molar-refractivity contribution in [2.45, 2.75) is 6.61 Å². The van der Waals surface area contributed by atoms with E-state index in [9.17, 15) is 9.59 Å². The van der Waals surface area contributed by atoms with Crippen LogP contribution in [0.2, 0.25) is 0 Å². The van der Waals surface area contributed by atoms with Crippen molar-refractivity contribution in [2.75, 3.05) is 4.90 Å². The van der Waals surface area contributed by atoms with Crippen molar-refractivity contribution < 1.29 is 14.3 Å². The van der Waals surface area contributed by atoms with E-state index in [1.54, 1.807) is 12.1 Å². The van der Waals surface area contributed by atoms with Gasteiger partial charge in [-0.3, -0.25) is 4.79 Å². The lowest BCUT2D eigenvalue weighted by Gasteiger charge is -2.15. The standard InChI is InChI=1S/C25H18N2O3/c28-24-21(14-18-15-26-22-12-6-4-10-19(18)22)20-11-5-7-13-23(20)27(24)25(29)30-16-17-8-2-1-3-9-17/h1-15,26H,16H2/b21-14-. The van der Waals surface area contributed by atoms with Gasteiger partial charge in [0.15, 0.2) is 0 Å². The Balaban J connectivity index is 1.49. The number of carbonyl (C=O) groups is 2. The fraction of sp³-hybridized carbons (Fsp3) is 0.0400. The van der Waals surface area contributed by atoms with E-state index in [1.807, 2.05) is 79.0 Å². The van der Waals surface area contributed by atoms with Gasteiger partial charge in [0, 0.05) is 28.2 Å². The molecule has 0 radical (unpaired) electrons. The first-order chi connectivity index (χ1) is 14.7. The molecule has 0 atom stereocenters. The van der Waals surface area contributed by atoms with Crippen molar-refractivity contribution >= 4 is 40.2 Å². The summed E-state index contributed by atoms with van der Waals surface area (Å²) in [5.41, 5.74) is 4.45. The van der Waals surface area contributed by atoms with Crippen LogP contribution in [0.1, 0.15) is 16.7 Å². The molecule has 30 heavy (non-hydrogen) atoms. The van der Waals surface area contributed by atoms with E-state index in [0.717, 1.165) is 26.9 Å². The minimum absolute atomic E-state index is 0.104. The maximum Gasteiger partial charge on any atom is 0.421 e. The lowest BCUT2D eigenvalue weighted by atomic mass is 10.0. The first kappa shape index (κ1) is 17.9. The molecule has 1 aliphatic rings. The third-order valence-electron chi connectivity index (χ3n) is 5.18. The maximum absolute atomic E-state index is 13.2. The second-order valence-electron chi connectivity index (χ2n) is 7.05. The third-order valence-corrected chi connectivity index (χ3v) is 5.18. The molecule has 1 aliphatic heterocycles. The number of para-hydroxylation sites is 2. The first-order valence-corrected chi connectivity index (χ1v) is 9.65. The number of nitrogens with one attached hydrogen (secondary N) is 1. The van der Waals surface area contributed by atoms with Gasteiger partial charge in [-0.05, 0) is 23.8 Å². The summed E-state index contributed by atoms with van der Waals surface area (Å²) in [6, 6.07) is 24.5. The number of amides is 2. The molecule has 2 amide bonds. The average Bonchev–Trinajstić information content (AvgIpc) is 3.32. The highest BCUT2D eigenvalue weighted by atomic mass is 16.6. The van der Waals surface area contributed by atoms with Gasteiger partial charge >= 0.3 is 6.09 Å². The molecule has 0 saturated heterocycles. The summed E-state index contributed by atoms with van der Waals surface area (Å²) >= 11 is 0. The molecule has 1 N–H and O–H groups in total. The molecule has 2 heterocycles. The molecule has 0 unspecified atom stereocenters. The smallest absolute Gasteiger partial charge is 0.421 e. The number of aromatic amines is 1. The highest BCUT2D eigenvalue weighted by molar-refractivity contribution is 6.41. The van der Waals surface area contributed by atoms with Gasteiger partial charge in [-0.25, -0.2) is 9.69 Å². The highest BCUT2D eigenvalue weighted by Crippen LogP contribution is 2.38. The molecule has 0 spiro atoms. The van der Waals surface area contributed by atoms with Crippen LogP contribution >= 0.6 is 0 Å². The minimum atomic E-state index is -0.682. The Hall–Kier alpha value is -4.12. The number of ether oxygens (including phenoxy) is 1. The average molecular weight is 394 g/mol. The lowest BCUT2D eigenvalue weighted by molar-refractivity contribution is -0.112. The highest BCUT2D eigenvalue weighted by Gasteiger charge is 2.37. The van der Waals surface area contributed by atoms with Crippen LogP contribution in [0.3, 0.4) is 0 Å². The molecule has 1 aromatic heterocycles. The third kappa shape index (κ3) is 3.06. The maximum atomic E-state index is 13.2. The van der Waals surface area contributed by atoms with Crippen molar-refractivity contribution in [2.24, 2.45) is 0 Å².